The molecule has 0 radical (unpaired) electrons. The van der Waals surface area contributed by atoms with E-state index in [-0.39, 0.29) is 19.4 Å². The number of imide groups is 1. The van der Waals surface area contributed by atoms with Gasteiger partial charge in [-0.2, -0.15) is 0 Å². The fourth-order valence-electron chi connectivity index (χ4n) is 4.74. The Morgan fingerprint density at radius 1 is 0.970 bits per heavy atom. The highest BCUT2D eigenvalue weighted by atomic mass is 32.2. The molecule has 1 saturated heterocycles. The van der Waals surface area contributed by atoms with Crippen LogP contribution in [0.1, 0.15) is 44.1 Å². The van der Waals surface area contributed by atoms with Gasteiger partial charge in [-0.25, -0.2) is 0 Å². The van der Waals surface area contributed by atoms with Crippen LogP contribution in [0.2, 0.25) is 0 Å². The summed E-state index contributed by atoms with van der Waals surface area (Å²) in [5, 5.41) is 29.9. The van der Waals surface area contributed by atoms with E-state index in [0.29, 0.717) is 31.6 Å². The fraction of sp³-hybridized carbons (Fsp3) is 0.458. The lowest BCUT2D eigenvalue weighted by Crippen LogP contribution is -2.58. The lowest BCUT2D eigenvalue weighted by atomic mass is 9.73. The molecule has 3 N–H and O–H groups in total. The molecule has 33 heavy (non-hydrogen) atoms. The summed E-state index contributed by atoms with van der Waals surface area (Å²) < 4.78 is 0. The van der Waals surface area contributed by atoms with E-state index in [1.807, 2.05) is 60.2 Å². The number of aliphatic hydroxyl groups is 2. The number of carbonyl (C=O) groups is 2. The summed E-state index contributed by atoms with van der Waals surface area (Å²) in [5.41, 5.74) is -3.07. The number of likely N-dealkylation sites (tertiary alicyclic amines) is 1. The quantitative estimate of drug-likeness (QED) is 0.185. The Bertz CT molecular complexity index is 968. The van der Waals surface area contributed by atoms with Crippen molar-refractivity contribution >= 4 is 29.4 Å². The third kappa shape index (κ3) is 4.09. The van der Waals surface area contributed by atoms with Crippen molar-refractivity contribution in [1.29, 1.82) is 5.41 Å². The summed E-state index contributed by atoms with van der Waals surface area (Å²) in [6.07, 6.45) is 12.2. The standard InChI is InChI=1S/C24H30N4O4S/c1-33-19-9-3-2-8-18(19)20(25)27-16-14-26(15-17-27)12-6-7-13-28-21(29)23(31)10-4-5-11-24(23,32)22(28)30/h2-3,8-9,14-17,25,31-32H,4-7,10-13H2,1H3. The molecule has 2 heterocycles. The number of rotatable bonds is 7. The summed E-state index contributed by atoms with van der Waals surface area (Å²) in [7, 11) is 0. The fourth-order valence-corrected chi connectivity index (χ4v) is 5.34. The second-order valence-corrected chi connectivity index (χ2v) is 9.54. The molecule has 8 nitrogen and oxygen atoms in total. The highest BCUT2D eigenvalue weighted by molar-refractivity contribution is 7.98. The van der Waals surface area contributed by atoms with Gasteiger partial charge in [0.2, 0.25) is 0 Å². The molecule has 1 aliphatic carbocycles. The summed E-state index contributed by atoms with van der Waals surface area (Å²) in [6, 6.07) is 7.83. The number of carbonyl (C=O) groups excluding carboxylic acids is 2. The van der Waals surface area contributed by atoms with E-state index in [9.17, 15) is 19.8 Å². The molecule has 1 aromatic rings. The molecule has 2 atom stereocenters. The van der Waals surface area contributed by atoms with Gasteiger partial charge in [-0.1, -0.05) is 18.2 Å². The number of benzene rings is 1. The normalized spacial score (nSPS) is 26.8. The molecule has 9 heteroatoms. The van der Waals surface area contributed by atoms with Crippen molar-refractivity contribution in [3.05, 3.63) is 54.6 Å². The van der Waals surface area contributed by atoms with E-state index in [0.717, 1.165) is 21.8 Å². The average molecular weight is 471 g/mol. The predicted molar refractivity (Wildman–Crippen MR) is 126 cm³/mol. The first-order chi connectivity index (χ1) is 15.8. The van der Waals surface area contributed by atoms with Crippen LogP contribution in [-0.2, 0) is 9.59 Å². The number of hydrogen-bond acceptors (Lipinski definition) is 7. The largest absolute Gasteiger partial charge is 0.377 e. The first-order valence-electron chi connectivity index (χ1n) is 11.3. The van der Waals surface area contributed by atoms with Gasteiger partial charge >= 0.3 is 0 Å². The molecule has 1 aromatic carbocycles. The zero-order chi connectivity index (χ0) is 23.6. The third-order valence-electron chi connectivity index (χ3n) is 6.72. The number of unbranched alkanes of at least 4 members (excludes halogenated alkanes) is 1. The molecule has 2 fully saturated rings. The van der Waals surface area contributed by atoms with E-state index in [1.165, 1.54) is 0 Å². The highest BCUT2D eigenvalue weighted by Crippen LogP contribution is 2.44. The SMILES string of the molecule is CSc1ccccc1C(=N)N1C=CN(CCCCN2C(=O)C3(O)CCCCC3(O)C2=O)C=C1. The first-order valence-corrected chi connectivity index (χ1v) is 12.5. The van der Waals surface area contributed by atoms with Crippen molar-refractivity contribution in [3.63, 3.8) is 0 Å². The summed E-state index contributed by atoms with van der Waals surface area (Å²) >= 11 is 1.61. The Balaban J connectivity index is 1.27. The van der Waals surface area contributed by atoms with Gasteiger partial charge in [-0.3, -0.25) is 19.9 Å². The summed E-state index contributed by atoms with van der Waals surface area (Å²) in [4.78, 5) is 31.2. The molecular weight excluding hydrogens is 440 g/mol. The minimum Gasteiger partial charge on any atom is -0.377 e. The van der Waals surface area contributed by atoms with Gasteiger partial charge in [-0.05, 0) is 50.8 Å². The van der Waals surface area contributed by atoms with Gasteiger partial charge < -0.3 is 20.0 Å². The van der Waals surface area contributed by atoms with Crippen LogP contribution in [0.4, 0.5) is 0 Å². The Morgan fingerprint density at radius 2 is 1.55 bits per heavy atom. The van der Waals surface area contributed by atoms with Crippen LogP contribution < -0.4 is 0 Å². The van der Waals surface area contributed by atoms with Crippen molar-refractivity contribution in [1.82, 2.24) is 14.7 Å². The number of thioether (sulfide) groups is 1. The smallest absolute Gasteiger partial charge is 0.264 e. The molecule has 0 aromatic heterocycles. The van der Waals surface area contributed by atoms with Crippen molar-refractivity contribution in [2.75, 3.05) is 19.3 Å². The van der Waals surface area contributed by atoms with Crippen molar-refractivity contribution < 1.29 is 19.8 Å². The number of amidine groups is 1. The lowest BCUT2D eigenvalue weighted by molar-refractivity contribution is -0.176. The van der Waals surface area contributed by atoms with Crippen LogP contribution >= 0.6 is 11.8 Å². The van der Waals surface area contributed by atoms with Gasteiger partial charge in [0, 0.05) is 48.3 Å². The second kappa shape index (κ2) is 9.32. The molecule has 4 rings (SSSR count). The zero-order valence-corrected chi connectivity index (χ0v) is 19.6. The first kappa shape index (κ1) is 23.5. The van der Waals surface area contributed by atoms with Gasteiger partial charge in [0.25, 0.3) is 11.8 Å². The van der Waals surface area contributed by atoms with Gasteiger partial charge in [0.15, 0.2) is 11.2 Å². The van der Waals surface area contributed by atoms with E-state index < -0.39 is 23.0 Å². The van der Waals surface area contributed by atoms with Crippen molar-refractivity contribution in [3.8, 4) is 0 Å². The van der Waals surface area contributed by atoms with Crippen LogP contribution in [-0.4, -0.2) is 73.1 Å². The third-order valence-corrected chi connectivity index (χ3v) is 7.51. The maximum atomic E-state index is 12.7. The van der Waals surface area contributed by atoms with Crippen LogP contribution in [0, 0.1) is 5.41 Å². The van der Waals surface area contributed by atoms with E-state index >= 15 is 0 Å². The number of hydrogen-bond donors (Lipinski definition) is 3. The number of nitrogens with zero attached hydrogens (tertiary/aromatic N) is 3. The summed E-state index contributed by atoms with van der Waals surface area (Å²) in [6.45, 7) is 0.867. The maximum Gasteiger partial charge on any atom is 0.264 e. The minimum atomic E-state index is -1.97. The second-order valence-electron chi connectivity index (χ2n) is 8.69. The molecule has 2 aliphatic heterocycles. The number of fused-ring (bicyclic) bond motifs is 1. The van der Waals surface area contributed by atoms with Gasteiger partial charge in [-0.15, -0.1) is 11.8 Å². The molecule has 0 spiro atoms. The van der Waals surface area contributed by atoms with Crippen LogP contribution in [0.25, 0.3) is 0 Å². The lowest BCUT2D eigenvalue weighted by Gasteiger charge is -2.36. The predicted octanol–water partition coefficient (Wildman–Crippen LogP) is 2.48. The van der Waals surface area contributed by atoms with Crippen LogP contribution in [0.5, 0.6) is 0 Å². The number of nitrogens with one attached hydrogen (secondary N) is 1. The summed E-state index contributed by atoms with van der Waals surface area (Å²) in [5.74, 6) is -0.922. The van der Waals surface area contributed by atoms with Gasteiger partial charge in [0.1, 0.15) is 5.84 Å². The molecular formula is C24H30N4O4S. The Hall–Kier alpha value is -2.62. The Kier molecular flexibility index (Phi) is 6.65. The van der Waals surface area contributed by atoms with Crippen LogP contribution in [0.15, 0.2) is 54.0 Å². The van der Waals surface area contributed by atoms with Crippen LogP contribution in [0.3, 0.4) is 0 Å². The van der Waals surface area contributed by atoms with Crippen molar-refractivity contribution in [2.24, 2.45) is 0 Å². The monoisotopic (exact) mass is 470 g/mol. The van der Waals surface area contributed by atoms with E-state index in [1.54, 1.807) is 16.7 Å². The number of amides is 2. The highest BCUT2D eigenvalue weighted by Gasteiger charge is 2.68. The maximum absolute atomic E-state index is 12.7. The minimum absolute atomic E-state index is 0.126. The van der Waals surface area contributed by atoms with E-state index in [4.69, 9.17) is 5.41 Å². The molecule has 2 amide bonds. The zero-order valence-electron chi connectivity index (χ0n) is 18.7. The molecule has 3 aliphatic rings. The molecule has 0 bridgehead atoms. The van der Waals surface area contributed by atoms with Crippen molar-refractivity contribution in [2.45, 2.75) is 54.6 Å². The van der Waals surface area contributed by atoms with E-state index in [2.05, 4.69) is 0 Å². The molecule has 2 unspecified atom stereocenters. The topological polar surface area (TPSA) is 108 Å². The Morgan fingerprint density at radius 3 is 2.15 bits per heavy atom. The Labute approximate surface area is 198 Å². The molecule has 1 saturated carbocycles. The van der Waals surface area contributed by atoms with Gasteiger partial charge in [0.05, 0.1) is 0 Å². The molecule has 176 valence electrons. The average Bonchev–Trinajstić information content (AvgIpc) is 2.99.